The van der Waals surface area contributed by atoms with E-state index in [1.165, 1.54) is 16.9 Å². The third-order valence-electron chi connectivity index (χ3n) is 3.38. The lowest BCUT2D eigenvalue weighted by Gasteiger charge is -2.11. The van der Waals surface area contributed by atoms with Crippen molar-refractivity contribution in [3.8, 4) is 0 Å². The van der Waals surface area contributed by atoms with Crippen molar-refractivity contribution in [2.75, 3.05) is 0 Å². The molecular weight excluding hydrogens is 315 g/mol. The molecule has 0 radical (unpaired) electrons. The van der Waals surface area contributed by atoms with Gasteiger partial charge >= 0.3 is 0 Å². The minimum Gasteiger partial charge on any atom is -0.300 e. The van der Waals surface area contributed by atoms with Crippen molar-refractivity contribution in [3.05, 3.63) is 39.1 Å². The molecule has 1 aliphatic rings. The van der Waals surface area contributed by atoms with E-state index in [0.717, 1.165) is 12.8 Å². The van der Waals surface area contributed by atoms with Gasteiger partial charge in [0.15, 0.2) is 0 Å². The summed E-state index contributed by atoms with van der Waals surface area (Å²) in [6.07, 6.45) is 3.25. The first-order valence-electron chi connectivity index (χ1n) is 5.90. The monoisotopic (exact) mass is 322 g/mol. The Morgan fingerprint density at radius 3 is 2.84 bits per heavy atom. The van der Waals surface area contributed by atoms with Crippen LogP contribution in [0.5, 0.6) is 0 Å². The van der Waals surface area contributed by atoms with Crippen LogP contribution in [0, 0.1) is 5.82 Å². The van der Waals surface area contributed by atoms with E-state index in [1.807, 2.05) is 0 Å². The van der Waals surface area contributed by atoms with Crippen molar-refractivity contribution in [1.29, 1.82) is 0 Å². The molecule has 3 aromatic rings. The smallest absolute Gasteiger partial charge is 0.296 e. The molecule has 2 aromatic heterocycles. The Bertz CT molecular complexity index is 881. The van der Waals surface area contributed by atoms with E-state index in [0.29, 0.717) is 15.5 Å². The zero-order valence-corrected chi connectivity index (χ0v) is 11.3. The quantitative estimate of drug-likeness (QED) is 0.690. The second-order valence-corrected chi connectivity index (χ2v) is 5.51. The van der Waals surface area contributed by atoms with Crippen molar-refractivity contribution >= 4 is 32.6 Å². The molecule has 0 spiro atoms. The number of halogens is 2. The van der Waals surface area contributed by atoms with Gasteiger partial charge in [0, 0.05) is 12.1 Å². The Morgan fingerprint density at radius 2 is 2.11 bits per heavy atom. The van der Waals surface area contributed by atoms with E-state index >= 15 is 0 Å². The highest BCUT2D eigenvalue weighted by molar-refractivity contribution is 9.10. The molecule has 96 valence electrons. The number of aromatic nitrogens is 4. The first kappa shape index (κ1) is 11.1. The summed E-state index contributed by atoms with van der Waals surface area (Å²) >= 11 is 3.16. The largest absolute Gasteiger partial charge is 0.300 e. The Morgan fingerprint density at radius 1 is 1.32 bits per heavy atom. The SMILES string of the molecule is O=c1c2ncnn2c2cc(F)c(Br)cc2n1C1CC1. The maximum atomic E-state index is 13.7. The van der Waals surface area contributed by atoms with Crippen LogP contribution in [-0.2, 0) is 0 Å². The summed E-state index contributed by atoms with van der Waals surface area (Å²) in [6.45, 7) is 0. The van der Waals surface area contributed by atoms with Gasteiger partial charge in [-0.2, -0.15) is 5.10 Å². The molecule has 1 fully saturated rings. The first-order valence-corrected chi connectivity index (χ1v) is 6.69. The van der Waals surface area contributed by atoms with Gasteiger partial charge in [-0.15, -0.1) is 0 Å². The highest BCUT2D eigenvalue weighted by Crippen LogP contribution is 2.36. The highest BCUT2D eigenvalue weighted by atomic mass is 79.9. The summed E-state index contributed by atoms with van der Waals surface area (Å²) in [6, 6.07) is 3.19. The van der Waals surface area contributed by atoms with Crippen molar-refractivity contribution in [3.63, 3.8) is 0 Å². The predicted octanol–water partition coefficient (Wildman–Crippen LogP) is 2.28. The number of fused-ring (bicyclic) bond motifs is 3. The fourth-order valence-corrected chi connectivity index (χ4v) is 2.70. The molecule has 7 heteroatoms. The van der Waals surface area contributed by atoms with E-state index in [-0.39, 0.29) is 23.1 Å². The van der Waals surface area contributed by atoms with Gasteiger partial charge in [-0.3, -0.25) is 4.79 Å². The third kappa shape index (κ3) is 1.48. The van der Waals surface area contributed by atoms with Crippen LogP contribution < -0.4 is 5.56 Å². The molecule has 5 nitrogen and oxygen atoms in total. The molecule has 1 saturated carbocycles. The minimum absolute atomic E-state index is 0.175. The molecule has 0 atom stereocenters. The fourth-order valence-electron chi connectivity index (χ4n) is 2.36. The molecule has 1 aromatic carbocycles. The molecule has 0 aliphatic heterocycles. The van der Waals surface area contributed by atoms with Crippen LogP contribution in [-0.4, -0.2) is 19.2 Å². The van der Waals surface area contributed by atoms with E-state index in [2.05, 4.69) is 26.0 Å². The minimum atomic E-state index is -0.384. The second kappa shape index (κ2) is 3.63. The lowest BCUT2D eigenvalue weighted by molar-refractivity contribution is 0.621. The van der Waals surface area contributed by atoms with E-state index in [4.69, 9.17) is 0 Å². The highest BCUT2D eigenvalue weighted by Gasteiger charge is 2.28. The second-order valence-electron chi connectivity index (χ2n) is 4.66. The number of hydrogen-bond donors (Lipinski definition) is 0. The summed E-state index contributed by atoms with van der Waals surface area (Å²) < 4.78 is 17.2. The zero-order valence-electron chi connectivity index (χ0n) is 9.68. The van der Waals surface area contributed by atoms with Gasteiger partial charge in [0.05, 0.1) is 15.5 Å². The summed E-state index contributed by atoms with van der Waals surface area (Å²) in [5, 5.41) is 4.01. The van der Waals surface area contributed by atoms with Gasteiger partial charge in [0.2, 0.25) is 5.65 Å². The number of rotatable bonds is 1. The van der Waals surface area contributed by atoms with E-state index in [1.54, 1.807) is 10.6 Å². The standard InChI is InChI=1S/C12H8BrFN4O/c13-7-3-9-10(4-8(7)14)18-11(15-5-16-18)12(19)17(9)6-1-2-6/h3-6H,1-2H2. The van der Waals surface area contributed by atoms with Crippen LogP contribution >= 0.6 is 15.9 Å². The van der Waals surface area contributed by atoms with E-state index in [9.17, 15) is 9.18 Å². The van der Waals surface area contributed by atoms with Crippen molar-refractivity contribution in [2.24, 2.45) is 0 Å². The Balaban J connectivity index is 2.30. The first-order chi connectivity index (χ1) is 9.16. The van der Waals surface area contributed by atoms with E-state index < -0.39 is 0 Å². The van der Waals surface area contributed by atoms with Gasteiger partial charge in [0.1, 0.15) is 12.1 Å². The summed E-state index contributed by atoms with van der Waals surface area (Å²) in [5.74, 6) is -0.384. The van der Waals surface area contributed by atoms with Gasteiger partial charge in [-0.1, -0.05) is 0 Å². The maximum absolute atomic E-state index is 13.7. The molecule has 2 heterocycles. The molecule has 0 bridgehead atoms. The summed E-state index contributed by atoms with van der Waals surface area (Å²) in [4.78, 5) is 16.4. The number of nitrogens with zero attached hydrogens (tertiary/aromatic N) is 4. The molecule has 0 saturated heterocycles. The molecule has 1 aliphatic carbocycles. The van der Waals surface area contributed by atoms with Crippen LogP contribution in [0.25, 0.3) is 16.7 Å². The van der Waals surface area contributed by atoms with Crippen LogP contribution in [0.3, 0.4) is 0 Å². The van der Waals surface area contributed by atoms with Crippen molar-refractivity contribution in [1.82, 2.24) is 19.2 Å². The number of benzene rings is 1. The topological polar surface area (TPSA) is 52.2 Å². The normalized spacial score (nSPS) is 15.5. The lowest BCUT2D eigenvalue weighted by atomic mass is 10.2. The Hall–Kier alpha value is -1.76. The van der Waals surface area contributed by atoms with Gasteiger partial charge in [-0.25, -0.2) is 13.9 Å². The number of hydrogen-bond acceptors (Lipinski definition) is 3. The van der Waals surface area contributed by atoms with Crippen LogP contribution in [0.4, 0.5) is 4.39 Å². The van der Waals surface area contributed by atoms with Gasteiger partial charge < -0.3 is 4.57 Å². The molecule has 0 amide bonds. The van der Waals surface area contributed by atoms with Gasteiger partial charge in [0.25, 0.3) is 5.56 Å². The molecule has 0 unspecified atom stereocenters. The Kier molecular flexibility index (Phi) is 2.12. The Labute approximate surface area is 114 Å². The molecular formula is C12H8BrFN4O. The predicted molar refractivity (Wildman–Crippen MR) is 70.7 cm³/mol. The average molecular weight is 323 g/mol. The molecule has 19 heavy (non-hydrogen) atoms. The zero-order chi connectivity index (χ0) is 13.1. The third-order valence-corrected chi connectivity index (χ3v) is 3.98. The maximum Gasteiger partial charge on any atom is 0.296 e. The van der Waals surface area contributed by atoms with Crippen LogP contribution in [0.15, 0.2) is 27.7 Å². The molecule has 0 N–H and O–H groups in total. The van der Waals surface area contributed by atoms with Gasteiger partial charge in [-0.05, 0) is 34.8 Å². The average Bonchev–Trinajstić information content (AvgIpc) is 3.08. The lowest BCUT2D eigenvalue weighted by Crippen LogP contribution is -2.23. The molecule has 4 rings (SSSR count). The summed E-state index contributed by atoms with van der Waals surface area (Å²) in [7, 11) is 0. The van der Waals surface area contributed by atoms with Crippen LogP contribution in [0.2, 0.25) is 0 Å². The van der Waals surface area contributed by atoms with Crippen molar-refractivity contribution in [2.45, 2.75) is 18.9 Å². The summed E-state index contributed by atoms with van der Waals surface area (Å²) in [5.41, 5.74) is 1.30. The fraction of sp³-hybridized carbons (Fsp3) is 0.250. The van der Waals surface area contributed by atoms with Crippen LogP contribution in [0.1, 0.15) is 18.9 Å². The van der Waals surface area contributed by atoms with Crippen molar-refractivity contribution < 1.29 is 4.39 Å².